The highest BCUT2D eigenvalue weighted by atomic mass is 16.6. The van der Waals surface area contributed by atoms with Crippen LogP contribution in [0.15, 0.2) is 48.5 Å². The van der Waals surface area contributed by atoms with E-state index in [2.05, 4.69) is 39.8 Å². The van der Waals surface area contributed by atoms with E-state index in [4.69, 9.17) is 9.47 Å². The zero-order chi connectivity index (χ0) is 20.3. The van der Waals surface area contributed by atoms with E-state index in [0.717, 1.165) is 11.1 Å². The van der Waals surface area contributed by atoms with Gasteiger partial charge in [0.1, 0.15) is 12.2 Å². The Labute approximate surface area is 166 Å². The lowest BCUT2D eigenvalue weighted by molar-refractivity contribution is -0.190. The molecule has 0 N–H and O–H groups in total. The van der Waals surface area contributed by atoms with E-state index in [-0.39, 0.29) is 6.10 Å². The highest BCUT2D eigenvalue weighted by molar-refractivity contribution is 6.27. The Morgan fingerprint density at radius 2 is 1.39 bits per heavy atom. The van der Waals surface area contributed by atoms with Crippen LogP contribution in [0.1, 0.15) is 74.0 Å². The smallest absolute Gasteiger partial charge is 0.226 e. The number of hydrogen-bond donors (Lipinski definition) is 0. The van der Waals surface area contributed by atoms with Crippen LogP contribution in [0.4, 0.5) is 0 Å². The molecule has 0 aromatic heterocycles. The second-order valence-corrected chi connectivity index (χ2v) is 7.96. The first-order valence-electron chi connectivity index (χ1n) is 9.86. The molecular formula is C24H28O4. The SMILES string of the molecule is CC(C)c1ccc(C2COC(c3ccc(C(C)C)cc3)C(C(=O)C=O)O2)cc1. The number of carbonyl (C=O) groups excluding carboxylic acids is 2. The number of ether oxygens (including phenoxy) is 2. The van der Waals surface area contributed by atoms with Crippen molar-refractivity contribution in [1.29, 1.82) is 0 Å². The van der Waals surface area contributed by atoms with Crippen LogP contribution in [0.3, 0.4) is 0 Å². The van der Waals surface area contributed by atoms with Gasteiger partial charge in [-0.05, 0) is 34.1 Å². The second-order valence-electron chi connectivity index (χ2n) is 7.96. The van der Waals surface area contributed by atoms with Gasteiger partial charge in [-0.3, -0.25) is 9.59 Å². The first-order valence-corrected chi connectivity index (χ1v) is 9.86. The summed E-state index contributed by atoms with van der Waals surface area (Å²) in [5, 5.41) is 0. The molecule has 0 aliphatic carbocycles. The normalized spacial score (nSPS) is 22.4. The van der Waals surface area contributed by atoms with Gasteiger partial charge in [0.2, 0.25) is 5.78 Å². The predicted octanol–water partition coefficient (Wildman–Crippen LogP) is 4.90. The third-order valence-electron chi connectivity index (χ3n) is 5.32. The largest absolute Gasteiger partial charge is 0.367 e. The molecule has 3 atom stereocenters. The van der Waals surface area contributed by atoms with Crippen molar-refractivity contribution in [3.63, 3.8) is 0 Å². The van der Waals surface area contributed by atoms with E-state index in [1.165, 1.54) is 11.1 Å². The maximum absolute atomic E-state index is 12.3. The number of ketones is 1. The molecule has 0 spiro atoms. The molecule has 148 valence electrons. The summed E-state index contributed by atoms with van der Waals surface area (Å²) >= 11 is 0. The first-order chi connectivity index (χ1) is 13.4. The monoisotopic (exact) mass is 380 g/mol. The van der Waals surface area contributed by atoms with Crippen molar-refractivity contribution in [2.24, 2.45) is 0 Å². The van der Waals surface area contributed by atoms with Crippen molar-refractivity contribution >= 4 is 12.1 Å². The fourth-order valence-corrected chi connectivity index (χ4v) is 3.46. The Kier molecular flexibility index (Phi) is 6.42. The van der Waals surface area contributed by atoms with Crippen LogP contribution < -0.4 is 0 Å². The summed E-state index contributed by atoms with van der Waals surface area (Å²) < 4.78 is 12.1. The maximum atomic E-state index is 12.3. The Balaban J connectivity index is 1.81. The highest BCUT2D eigenvalue weighted by Crippen LogP contribution is 2.35. The molecule has 0 amide bonds. The zero-order valence-corrected chi connectivity index (χ0v) is 16.9. The number of aldehydes is 1. The maximum Gasteiger partial charge on any atom is 0.226 e. The summed E-state index contributed by atoms with van der Waals surface area (Å²) in [6, 6.07) is 16.1. The molecule has 2 aromatic carbocycles. The fourth-order valence-electron chi connectivity index (χ4n) is 3.46. The number of benzene rings is 2. The van der Waals surface area contributed by atoms with E-state index in [0.29, 0.717) is 24.7 Å². The van der Waals surface area contributed by atoms with Crippen molar-refractivity contribution in [1.82, 2.24) is 0 Å². The summed E-state index contributed by atoms with van der Waals surface area (Å²) in [7, 11) is 0. The lowest BCUT2D eigenvalue weighted by Gasteiger charge is -2.35. The van der Waals surface area contributed by atoms with Crippen molar-refractivity contribution in [3.8, 4) is 0 Å². The average molecular weight is 380 g/mol. The third kappa shape index (κ3) is 4.40. The van der Waals surface area contributed by atoms with Crippen LogP contribution >= 0.6 is 0 Å². The standard InChI is InChI=1S/C24H28O4/c1-15(2)17-5-9-19(10-6-17)22-14-27-23(24(28-22)21(26)13-25)20-11-7-18(8-12-20)16(3)4/h5-13,15-16,22-24H,14H2,1-4H3. The van der Waals surface area contributed by atoms with Gasteiger partial charge in [-0.2, -0.15) is 0 Å². The lowest BCUT2D eigenvalue weighted by atomic mass is 9.95. The van der Waals surface area contributed by atoms with E-state index < -0.39 is 18.0 Å². The minimum atomic E-state index is -0.939. The Morgan fingerprint density at radius 3 is 1.86 bits per heavy atom. The molecule has 0 saturated carbocycles. The Morgan fingerprint density at radius 1 is 0.893 bits per heavy atom. The van der Waals surface area contributed by atoms with Gasteiger partial charge in [-0.25, -0.2) is 0 Å². The second kappa shape index (κ2) is 8.80. The quantitative estimate of drug-likeness (QED) is 0.528. The summed E-state index contributed by atoms with van der Waals surface area (Å²) in [5.41, 5.74) is 4.24. The number of rotatable bonds is 6. The number of Topliss-reactive ketones (excluding diaryl/α,β-unsaturated/α-hetero) is 1. The highest BCUT2D eigenvalue weighted by Gasteiger charge is 2.38. The summed E-state index contributed by atoms with van der Waals surface area (Å²) in [6.45, 7) is 8.87. The molecule has 1 fully saturated rings. The Bertz CT molecular complexity index is 806. The van der Waals surface area contributed by atoms with Gasteiger partial charge in [-0.15, -0.1) is 0 Å². The molecule has 2 aromatic rings. The van der Waals surface area contributed by atoms with Crippen LogP contribution in [-0.2, 0) is 19.1 Å². The molecule has 1 aliphatic heterocycles. The topological polar surface area (TPSA) is 52.6 Å². The molecule has 3 unspecified atom stereocenters. The minimum absolute atomic E-state index is 0.327. The van der Waals surface area contributed by atoms with E-state index in [9.17, 15) is 9.59 Å². The van der Waals surface area contributed by atoms with Crippen LogP contribution in [0.2, 0.25) is 0 Å². The van der Waals surface area contributed by atoms with Gasteiger partial charge in [0.25, 0.3) is 0 Å². The van der Waals surface area contributed by atoms with Gasteiger partial charge in [0.05, 0.1) is 6.61 Å². The van der Waals surface area contributed by atoms with Crippen LogP contribution in [0.5, 0.6) is 0 Å². The van der Waals surface area contributed by atoms with Gasteiger partial charge in [0, 0.05) is 0 Å². The first kappa shape index (κ1) is 20.4. The average Bonchev–Trinajstić information content (AvgIpc) is 2.73. The molecule has 3 rings (SSSR count). The summed E-state index contributed by atoms with van der Waals surface area (Å²) in [6.07, 6.45) is -1.56. The van der Waals surface area contributed by atoms with Crippen molar-refractivity contribution < 1.29 is 19.1 Å². The molecule has 28 heavy (non-hydrogen) atoms. The van der Waals surface area contributed by atoms with Crippen molar-refractivity contribution in [2.75, 3.05) is 6.61 Å². The molecule has 4 heteroatoms. The van der Waals surface area contributed by atoms with Crippen molar-refractivity contribution in [2.45, 2.75) is 57.8 Å². The molecule has 1 heterocycles. The van der Waals surface area contributed by atoms with Crippen molar-refractivity contribution in [3.05, 3.63) is 70.8 Å². The molecule has 4 nitrogen and oxygen atoms in total. The molecule has 0 radical (unpaired) electrons. The minimum Gasteiger partial charge on any atom is -0.367 e. The van der Waals surface area contributed by atoms with Crippen LogP contribution in [0, 0.1) is 0 Å². The fraction of sp³-hybridized carbons (Fsp3) is 0.417. The van der Waals surface area contributed by atoms with Gasteiger partial charge in [-0.1, -0.05) is 76.2 Å². The van der Waals surface area contributed by atoms with Crippen LogP contribution in [-0.4, -0.2) is 24.8 Å². The van der Waals surface area contributed by atoms with Gasteiger partial charge in [0.15, 0.2) is 12.4 Å². The molecule has 1 aliphatic rings. The van der Waals surface area contributed by atoms with Gasteiger partial charge >= 0.3 is 0 Å². The number of hydrogen-bond acceptors (Lipinski definition) is 4. The van der Waals surface area contributed by atoms with E-state index in [1.807, 2.05) is 36.4 Å². The lowest BCUT2D eigenvalue weighted by Crippen LogP contribution is -2.40. The predicted molar refractivity (Wildman–Crippen MR) is 108 cm³/mol. The van der Waals surface area contributed by atoms with E-state index >= 15 is 0 Å². The zero-order valence-electron chi connectivity index (χ0n) is 16.9. The van der Waals surface area contributed by atoms with E-state index in [1.54, 1.807) is 0 Å². The Hall–Kier alpha value is -2.30. The summed E-state index contributed by atoms with van der Waals surface area (Å²) in [5.74, 6) is 0.268. The van der Waals surface area contributed by atoms with Gasteiger partial charge < -0.3 is 9.47 Å². The van der Waals surface area contributed by atoms with Crippen LogP contribution in [0.25, 0.3) is 0 Å². The number of carbonyl (C=O) groups is 2. The third-order valence-corrected chi connectivity index (χ3v) is 5.32. The molecule has 1 saturated heterocycles. The summed E-state index contributed by atoms with van der Waals surface area (Å²) in [4.78, 5) is 23.5. The molecule has 0 bridgehead atoms. The molecular weight excluding hydrogens is 352 g/mol.